The van der Waals surface area contributed by atoms with Gasteiger partial charge in [-0.2, -0.15) is 0 Å². The van der Waals surface area contributed by atoms with E-state index in [1.807, 2.05) is 20.8 Å². The van der Waals surface area contributed by atoms with E-state index in [-0.39, 0.29) is 11.7 Å². The minimum Gasteiger partial charge on any atom is -0.490 e. The van der Waals surface area contributed by atoms with Crippen LogP contribution in [-0.4, -0.2) is 58.0 Å². The predicted octanol–water partition coefficient (Wildman–Crippen LogP) is 5.81. The monoisotopic (exact) mass is 583 g/mol. The summed E-state index contributed by atoms with van der Waals surface area (Å²) in [6, 6.07) is 3.09. The third kappa shape index (κ3) is 6.15. The zero-order valence-corrected chi connectivity index (χ0v) is 26.0. The average molecular weight is 584 g/mol. The molecule has 0 saturated carbocycles. The van der Waals surface area contributed by atoms with Gasteiger partial charge in [0.25, 0.3) is 5.91 Å². The number of benzene rings is 1. The zero-order chi connectivity index (χ0) is 31.1. The van der Waals surface area contributed by atoms with Crippen molar-refractivity contribution < 1.29 is 33.3 Å². The number of ether oxygens (including phenoxy) is 3. The summed E-state index contributed by atoms with van der Waals surface area (Å²) in [5.41, 5.74) is 2.89. The van der Waals surface area contributed by atoms with E-state index in [1.54, 1.807) is 52.5 Å². The Morgan fingerprint density at radius 2 is 1.90 bits per heavy atom. The second-order valence-corrected chi connectivity index (χ2v) is 12.5. The Bertz CT molecular complexity index is 1540. The van der Waals surface area contributed by atoms with Crippen molar-refractivity contribution in [2.45, 2.75) is 85.0 Å². The van der Waals surface area contributed by atoms with Crippen LogP contribution in [0.4, 0.5) is 4.39 Å². The second-order valence-electron chi connectivity index (χ2n) is 12.5. The number of nitrogens with zero attached hydrogens (tertiary/aromatic N) is 2. The molecule has 0 spiro atoms. The first kappa shape index (κ1) is 31.4. The summed E-state index contributed by atoms with van der Waals surface area (Å²) in [6.45, 7) is 13.7. The quantitative estimate of drug-likeness (QED) is 0.327. The number of carboxylic acids is 1. The van der Waals surface area contributed by atoms with Crippen molar-refractivity contribution >= 4 is 22.9 Å². The van der Waals surface area contributed by atoms with Crippen molar-refractivity contribution in [2.24, 2.45) is 7.05 Å². The summed E-state index contributed by atoms with van der Waals surface area (Å²) >= 11 is 0. The minimum absolute atomic E-state index is 0.235. The fourth-order valence-corrected chi connectivity index (χ4v) is 5.46. The molecule has 2 aromatic heterocycles. The number of carbonyl (C=O) groups is 2. The molecule has 0 fully saturated rings. The van der Waals surface area contributed by atoms with Gasteiger partial charge in [-0.05, 0) is 91.0 Å². The van der Waals surface area contributed by atoms with Crippen molar-refractivity contribution in [3.05, 3.63) is 46.0 Å². The molecule has 1 amide bonds. The van der Waals surface area contributed by atoms with E-state index in [4.69, 9.17) is 19.2 Å². The number of hydrogen-bond acceptors (Lipinski definition) is 6. The van der Waals surface area contributed by atoms with Crippen LogP contribution in [0, 0.1) is 19.7 Å². The number of amides is 1. The Morgan fingerprint density at radius 3 is 2.52 bits per heavy atom. The van der Waals surface area contributed by atoms with Crippen LogP contribution in [0.2, 0.25) is 0 Å². The topological polar surface area (TPSA) is 112 Å². The van der Waals surface area contributed by atoms with Crippen LogP contribution in [0.25, 0.3) is 22.2 Å². The highest BCUT2D eigenvalue weighted by atomic mass is 19.1. The second kappa shape index (κ2) is 11.6. The number of aryl methyl sites for hydroxylation is 2. The number of aromatic nitrogens is 2. The van der Waals surface area contributed by atoms with Gasteiger partial charge < -0.3 is 29.2 Å². The van der Waals surface area contributed by atoms with Crippen molar-refractivity contribution in [3.63, 3.8) is 0 Å². The van der Waals surface area contributed by atoms with Crippen LogP contribution in [-0.2, 0) is 27.7 Å². The molecule has 10 heteroatoms. The van der Waals surface area contributed by atoms with Crippen molar-refractivity contribution in [2.75, 3.05) is 20.3 Å². The number of fused-ring (bicyclic) bond motifs is 2. The van der Waals surface area contributed by atoms with Gasteiger partial charge in [-0.25, -0.2) is 14.2 Å². The molecule has 4 rings (SSSR count). The molecule has 1 aromatic carbocycles. The normalized spacial score (nSPS) is 14.4. The Labute approximate surface area is 246 Å². The van der Waals surface area contributed by atoms with E-state index < -0.39 is 29.1 Å². The molecule has 0 aliphatic carbocycles. The third-order valence-electron chi connectivity index (χ3n) is 7.86. The predicted molar refractivity (Wildman–Crippen MR) is 159 cm³/mol. The molecular weight excluding hydrogens is 541 g/mol. The van der Waals surface area contributed by atoms with Gasteiger partial charge in [-0.15, -0.1) is 0 Å². The van der Waals surface area contributed by atoms with Crippen molar-refractivity contribution in [3.8, 4) is 16.9 Å². The first-order valence-electron chi connectivity index (χ1n) is 14.3. The van der Waals surface area contributed by atoms with Crippen LogP contribution >= 0.6 is 0 Å². The highest BCUT2D eigenvalue weighted by molar-refractivity contribution is 6.04. The number of halogens is 1. The Balaban J connectivity index is 1.99. The maximum Gasteiger partial charge on any atom is 0.337 e. The summed E-state index contributed by atoms with van der Waals surface area (Å²) < 4.78 is 34.5. The van der Waals surface area contributed by atoms with Gasteiger partial charge in [0.1, 0.15) is 11.3 Å². The molecule has 1 atom stereocenters. The van der Waals surface area contributed by atoms with E-state index in [1.165, 1.54) is 6.07 Å². The van der Waals surface area contributed by atoms with Crippen LogP contribution < -0.4 is 10.1 Å². The molecule has 3 heterocycles. The molecule has 0 bridgehead atoms. The Hall–Kier alpha value is -3.50. The summed E-state index contributed by atoms with van der Waals surface area (Å²) in [5.74, 6) is -1.78. The maximum atomic E-state index is 15.6. The van der Waals surface area contributed by atoms with Crippen molar-refractivity contribution in [1.29, 1.82) is 0 Å². The average Bonchev–Trinajstić information content (AvgIpc) is 3.24. The minimum atomic E-state index is -1.39. The van der Waals surface area contributed by atoms with E-state index in [0.29, 0.717) is 65.1 Å². The standard InChI is InChI=1S/C32H42FN3O6/c1-17-19-11-10-14-41-26(19)22(33)15-20(17)25-21-16-23(29(37)34-13-12-32(6,7)40-9)36(8)28(21)35-18(2)24(25)27(30(38)39)42-31(3,4)5/h15-16,27H,10-14H2,1-9H3,(H,34,37)(H,38,39)/t27-/m0/s1. The fraction of sp³-hybridized carbons (Fsp3) is 0.531. The van der Waals surface area contributed by atoms with Gasteiger partial charge in [0, 0.05) is 48.5 Å². The maximum absolute atomic E-state index is 15.6. The molecule has 9 nitrogen and oxygen atoms in total. The lowest BCUT2D eigenvalue weighted by Gasteiger charge is -2.29. The number of rotatable bonds is 9. The fourth-order valence-electron chi connectivity index (χ4n) is 5.46. The lowest BCUT2D eigenvalue weighted by molar-refractivity contribution is -0.160. The largest absolute Gasteiger partial charge is 0.490 e. The number of methoxy groups -OCH3 is 1. The third-order valence-corrected chi connectivity index (χ3v) is 7.86. The van der Waals surface area contributed by atoms with E-state index in [0.717, 1.165) is 17.5 Å². The number of carbonyl (C=O) groups excluding carboxylic acids is 1. The highest BCUT2D eigenvalue weighted by Crippen LogP contribution is 2.44. The molecule has 1 aliphatic rings. The summed E-state index contributed by atoms with van der Waals surface area (Å²) in [5, 5.41) is 13.9. The summed E-state index contributed by atoms with van der Waals surface area (Å²) in [4.78, 5) is 30.9. The lowest BCUT2D eigenvalue weighted by atomic mass is 9.86. The highest BCUT2D eigenvalue weighted by Gasteiger charge is 2.35. The zero-order valence-electron chi connectivity index (χ0n) is 26.0. The first-order valence-corrected chi connectivity index (χ1v) is 14.3. The molecule has 0 unspecified atom stereocenters. The van der Waals surface area contributed by atoms with Gasteiger partial charge in [-0.3, -0.25) is 4.79 Å². The number of hydrogen-bond donors (Lipinski definition) is 2. The van der Waals surface area contributed by atoms with Gasteiger partial charge >= 0.3 is 5.97 Å². The molecule has 42 heavy (non-hydrogen) atoms. The van der Waals surface area contributed by atoms with E-state index in [2.05, 4.69) is 5.32 Å². The molecular formula is C32H42FN3O6. The Kier molecular flexibility index (Phi) is 8.72. The Morgan fingerprint density at radius 1 is 1.21 bits per heavy atom. The summed E-state index contributed by atoms with van der Waals surface area (Å²) in [7, 11) is 3.37. The van der Waals surface area contributed by atoms with E-state index in [9.17, 15) is 14.7 Å². The molecule has 0 saturated heterocycles. The smallest absolute Gasteiger partial charge is 0.337 e. The summed E-state index contributed by atoms with van der Waals surface area (Å²) in [6.07, 6.45) is 0.594. The molecule has 2 N–H and O–H groups in total. The van der Waals surface area contributed by atoms with Crippen LogP contribution in [0.5, 0.6) is 5.75 Å². The number of carboxylic acid groups (broad SMARTS) is 1. The number of aliphatic carboxylic acids is 1. The number of nitrogens with one attached hydrogen (secondary N) is 1. The molecule has 0 radical (unpaired) electrons. The molecule has 3 aromatic rings. The van der Waals surface area contributed by atoms with Crippen LogP contribution in [0.1, 0.15) is 86.4 Å². The van der Waals surface area contributed by atoms with Gasteiger partial charge in [0.2, 0.25) is 0 Å². The van der Waals surface area contributed by atoms with Crippen LogP contribution in [0.3, 0.4) is 0 Å². The van der Waals surface area contributed by atoms with Gasteiger partial charge in [0.05, 0.1) is 17.8 Å². The molecule has 228 valence electrons. The molecule has 1 aliphatic heterocycles. The SMILES string of the molecule is COC(C)(C)CCNC(=O)c1cc2c(-c3cc(F)c4c(c3C)CCCO4)c([C@H](OC(C)(C)C)C(=O)O)c(C)nc2n1C. The number of pyridine rings is 1. The van der Waals surface area contributed by atoms with Gasteiger partial charge in [-0.1, -0.05) is 0 Å². The first-order chi connectivity index (χ1) is 19.6. The van der Waals surface area contributed by atoms with E-state index >= 15 is 4.39 Å². The van der Waals surface area contributed by atoms with Crippen molar-refractivity contribution in [1.82, 2.24) is 14.9 Å². The van der Waals surface area contributed by atoms with Gasteiger partial charge in [0.15, 0.2) is 17.7 Å². The van der Waals surface area contributed by atoms with Crippen LogP contribution in [0.15, 0.2) is 12.1 Å². The lowest BCUT2D eigenvalue weighted by Crippen LogP contribution is -2.32.